The summed E-state index contributed by atoms with van der Waals surface area (Å²) in [7, 11) is 2.95. The van der Waals surface area contributed by atoms with Gasteiger partial charge in [0.1, 0.15) is 6.04 Å². The van der Waals surface area contributed by atoms with Gasteiger partial charge in [0.05, 0.1) is 14.2 Å². The fraction of sp³-hybridized carbons (Fsp3) is 0.476. The van der Waals surface area contributed by atoms with E-state index in [0.717, 1.165) is 0 Å². The molecule has 0 saturated carbocycles. The molecule has 1 amide bonds. The summed E-state index contributed by atoms with van der Waals surface area (Å²) in [6.45, 7) is 5.40. The molecule has 0 bridgehead atoms. The number of amides is 1. The van der Waals surface area contributed by atoms with Crippen LogP contribution in [0.25, 0.3) is 11.0 Å². The number of fused-ring (bicyclic) bond motifs is 1. The van der Waals surface area contributed by atoms with E-state index < -0.39 is 23.5 Å². The van der Waals surface area contributed by atoms with Crippen LogP contribution in [0.3, 0.4) is 0 Å². The predicted molar refractivity (Wildman–Crippen MR) is 108 cm³/mol. The molecule has 0 spiro atoms. The van der Waals surface area contributed by atoms with Crippen molar-refractivity contribution in [2.24, 2.45) is 5.92 Å². The van der Waals surface area contributed by atoms with Crippen LogP contribution in [0.2, 0.25) is 0 Å². The molecule has 8 heteroatoms. The first-order valence-corrected chi connectivity index (χ1v) is 9.44. The maximum Gasteiger partial charge on any atom is 0.339 e. The molecule has 2 atom stereocenters. The SMILES string of the molecule is CCC(C)C(NC(=O)CCc1c(C)c2ccc(OC)c(OC)c2oc1=O)C(=O)O. The second kappa shape index (κ2) is 9.45. The van der Waals surface area contributed by atoms with Gasteiger partial charge in [-0.15, -0.1) is 0 Å². The molecule has 0 aliphatic carbocycles. The first-order chi connectivity index (χ1) is 13.7. The van der Waals surface area contributed by atoms with Crippen molar-refractivity contribution in [1.82, 2.24) is 5.32 Å². The highest BCUT2D eigenvalue weighted by molar-refractivity contribution is 5.89. The van der Waals surface area contributed by atoms with E-state index in [9.17, 15) is 19.5 Å². The molecule has 1 aromatic carbocycles. The first-order valence-electron chi connectivity index (χ1n) is 9.44. The van der Waals surface area contributed by atoms with Crippen LogP contribution in [-0.2, 0) is 16.0 Å². The lowest BCUT2D eigenvalue weighted by Gasteiger charge is -2.20. The van der Waals surface area contributed by atoms with Crippen molar-refractivity contribution in [1.29, 1.82) is 0 Å². The third-order valence-corrected chi connectivity index (χ3v) is 5.20. The number of carbonyl (C=O) groups is 2. The molecule has 0 fully saturated rings. The molecule has 29 heavy (non-hydrogen) atoms. The number of nitrogens with one attached hydrogen (secondary N) is 1. The number of aliphatic carboxylic acids is 1. The number of benzene rings is 1. The van der Waals surface area contributed by atoms with Crippen molar-refractivity contribution < 1.29 is 28.6 Å². The van der Waals surface area contributed by atoms with E-state index in [1.807, 2.05) is 6.92 Å². The molecular weight excluding hydrogens is 378 g/mol. The Balaban J connectivity index is 2.28. The zero-order chi connectivity index (χ0) is 21.7. The minimum atomic E-state index is -1.07. The van der Waals surface area contributed by atoms with Crippen LogP contribution < -0.4 is 20.4 Å². The molecule has 2 aromatic rings. The van der Waals surface area contributed by atoms with Crippen LogP contribution in [0.5, 0.6) is 11.5 Å². The minimum Gasteiger partial charge on any atom is -0.493 e. The van der Waals surface area contributed by atoms with Crippen molar-refractivity contribution in [3.63, 3.8) is 0 Å². The Hall–Kier alpha value is -3.03. The van der Waals surface area contributed by atoms with Crippen LogP contribution in [0, 0.1) is 12.8 Å². The maximum absolute atomic E-state index is 12.5. The largest absolute Gasteiger partial charge is 0.493 e. The first kappa shape index (κ1) is 22.3. The number of hydrogen-bond donors (Lipinski definition) is 2. The van der Waals surface area contributed by atoms with Crippen LogP contribution in [0.1, 0.15) is 37.8 Å². The molecule has 0 saturated heterocycles. The van der Waals surface area contributed by atoms with Gasteiger partial charge in [-0.1, -0.05) is 20.3 Å². The molecule has 0 radical (unpaired) electrons. The normalized spacial score (nSPS) is 13.0. The Bertz CT molecular complexity index is 964. The number of carbonyl (C=O) groups excluding carboxylic acids is 1. The quantitative estimate of drug-likeness (QED) is 0.616. The van der Waals surface area contributed by atoms with E-state index in [0.29, 0.717) is 34.4 Å². The van der Waals surface area contributed by atoms with Crippen molar-refractivity contribution in [2.45, 2.75) is 46.1 Å². The van der Waals surface area contributed by atoms with Crippen molar-refractivity contribution in [2.75, 3.05) is 14.2 Å². The van der Waals surface area contributed by atoms with E-state index in [2.05, 4.69) is 5.32 Å². The fourth-order valence-electron chi connectivity index (χ4n) is 3.22. The van der Waals surface area contributed by atoms with Gasteiger partial charge >= 0.3 is 11.6 Å². The van der Waals surface area contributed by atoms with Crippen molar-refractivity contribution >= 4 is 22.8 Å². The van der Waals surface area contributed by atoms with Crippen molar-refractivity contribution in [3.8, 4) is 11.5 Å². The Labute approximate surface area is 168 Å². The standard InChI is InChI=1S/C21H27NO7/c1-6-11(2)17(20(24)25)22-16(23)10-8-14-12(3)13-7-9-15(27-4)19(28-5)18(13)29-21(14)26/h7,9,11,17H,6,8,10H2,1-5H3,(H,22,23)(H,24,25). The summed E-state index contributed by atoms with van der Waals surface area (Å²) in [5.41, 5.74) is 0.772. The summed E-state index contributed by atoms with van der Waals surface area (Å²) in [6.07, 6.45) is 0.734. The van der Waals surface area contributed by atoms with Gasteiger partial charge < -0.3 is 24.3 Å². The van der Waals surface area contributed by atoms with Gasteiger partial charge in [-0.25, -0.2) is 9.59 Å². The van der Waals surface area contributed by atoms with E-state index in [1.54, 1.807) is 26.0 Å². The lowest BCUT2D eigenvalue weighted by Crippen LogP contribution is -2.45. The topological polar surface area (TPSA) is 115 Å². The number of carboxylic acid groups (broad SMARTS) is 1. The molecule has 0 aliphatic rings. The van der Waals surface area contributed by atoms with E-state index in [4.69, 9.17) is 13.9 Å². The average Bonchev–Trinajstić information content (AvgIpc) is 2.69. The van der Waals surface area contributed by atoms with Gasteiger partial charge in [-0.05, 0) is 37.0 Å². The third kappa shape index (κ3) is 4.70. The second-order valence-corrected chi connectivity index (χ2v) is 6.94. The Morgan fingerprint density at radius 3 is 2.48 bits per heavy atom. The van der Waals surface area contributed by atoms with Crippen molar-refractivity contribution in [3.05, 3.63) is 33.7 Å². The summed E-state index contributed by atoms with van der Waals surface area (Å²) in [6, 6.07) is 2.52. The monoisotopic (exact) mass is 405 g/mol. The van der Waals surface area contributed by atoms with Gasteiger partial charge in [0.2, 0.25) is 11.7 Å². The molecule has 1 heterocycles. The third-order valence-electron chi connectivity index (χ3n) is 5.20. The minimum absolute atomic E-state index is 0.0232. The highest BCUT2D eigenvalue weighted by Gasteiger charge is 2.25. The highest BCUT2D eigenvalue weighted by Crippen LogP contribution is 2.36. The summed E-state index contributed by atoms with van der Waals surface area (Å²) >= 11 is 0. The Morgan fingerprint density at radius 2 is 1.93 bits per heavy atom. The van der Waals surface area contributed by atoms with Gasteiger partial charge in [0.15, 0.2) is 11.3 Å². The van der Waals surface area contributed by atoms with Gasteiger partial charge in [0, 0.05) is 17.4 Å². The van der Waals surface area contributed by atoms with E-state index in [1.165, 1.54) is 14.2 Å². The Morgan fingerprint density at radius 1 is 1.24 bits per heavy atom. The molecular formula is C21H27NO7. The van der Waals surface area contributed by atoms with Crippen LogP contribution >= 0.6 is 0 Å². The summed E-state index contributed by atoms with van der Waals surface area (Å²) in [5.74, 6) is -0.933. The van der Waals surface area contributed by atoms with Crippen LogP contribution in [-0.4, -0.2) is 37.2 Å². The molecule has 1 aromatic heterocycles. The summed E-state index contributed by atoms with van der Waals surface area (Å²) < 4.78 is 16.0. The fourth-order valence-corrected chi connectivity index (χ4v) is 3.22. The van der Waals surface area contributed by atoms with Gasteiger partial charge in [0.25, 0.3) is 0 Å². The zero-order valence-corrected chi connectivity index (χ0v) is 17.3. The Kier molecular flexibility index (Phi) is 7.25. The molecule has 2 N–H and O–H groups in total. The highest BCUT2D eigenvalue weighted by atomic mass is 16.5. The molecule has 2 rings (SSSR count). The van der Waals surface area contributed by atoms with Gasteiger partial charge in [-0.2, -0.15) is 0 Å². The van der Waals surface area contributed by atoms with E-state index in [-0.39, 0.29) is 24.3 Å². The number of hydrogen-bond acceptors (Lipinski definition) is 6. The summed E-state index contributed by atoms with van der Waals surface area (Å²) in [4.78, 5) is 36.2. The molecule has 158 valence electrons. The van der Waals surface area contributed by atoms with E-state index >= 15 is 0 Å². The number of rotatable bonds is 9. The van der Waals surface area contributed by atoms with Crippen LogP contribution in [0.15, 0.2) is 21.3 Å². The van der Waals surface area contributed by atoms with Gasteiger partial charge in [-0.3, -0.25) is 4.79 Å². The number of ether oxygens (including phenoxy) is 2. The predicted octanol–water partition coefficient (Wildman–Crippen LogP) is 2.67. The lowest BCUT2D eigenvalue weighted by molar-refractivity contribution is -0.143. The maximum atomic E-state index is 12.5. The smallest absolute Gasteiger partial charge is 0.339 e. The second-order valence-electron chi connectivity index (χ2n) is 6.94. The number of carboxylic acids is 1. The number of methoxy groups -OCH3 is 2. The lowest BCUT2D eigenvalue weighted by atomic mass is 9.98. The molecule has 2 unspecified atom stereocenters. The molecule has 0 aliphatic heterocycles. The zero-order valence-electron chi connectivity index (χ0n) is 17.3. The summed E-state index contributed by atoms with van der Waals surface area (Å²) in [5, 5.41) is 12.5. The average molecular weight is 405 g/mol. The van der Waals surface area contributed by atoms with Crippen LogP contribution in [0.4, 0.5) is 0 Å². The molecule has 8 nitrogen and oxygen atoms in total. The number of aryl methyl sites for hydroxylation is 1.